The van der Waals surface area contributed by atoms with E-state index in [-0.39, 0.29) is 11.2 Å². The molecule has 6 heteroatoms. The molecule has 0 saturated heterocycles. The second-order valence-corrected chi connectivity index (χ2v) is 7.16. The molecule has 0 spiro atoms. The summed E-state index contributed by atoms with van der Waals surface area (Å²) in [5, 5.41) is 28.0. The molecule has 0 bridgehead atoms. The molecule has 1 heterocycles. The Kier molecular flexibility index (Phi) is 3.48. The lowest BCUT2D eigenvalue weighted by Crippen LogP contribution is -2.37. The lowest BCUT2D eigenvalue weighted by atomic mass is 9.85. The lowest BCUT2D eigenvalue weighted by Gasteiger charge is -2.22. The highest BCUT2D eigenvalue weighted by molar-refractivity contribution is 6.31. The summed E-state index contributed by atoms with van der Waals surface area (Å²) in [6, 6.07) is 8.59. The summed E-state index contributed by atoms with van der Waals surface area (Å²) in [7, 11) is 0. The van der Waals surface area contributed by atoms with E-state index in [1.807, 2.05) is 33.8 Å². The molecule has 0 aliphatic heterocycles. The van der Waals surface area contributed by atoms with Crippen LogP contribution in [0.3, 0.4) is 0 Å². The van der Waals surface area contributed by atoms with Gasteiger partial charge in [0.15, 0.2) is 11.4 Å². The summed E-state index contributed by atoms with van der Waals surface area (Å²) in [6.07, 6.45) is 0. The Morgan fingerprint density at radius 3 is 2.57 bits per heavy atom. The van der Waals surface area contributed by atoms with Crippen molar-refractivity contribution in [3.63, 3.8) is 0 Å². The fraction of sp³-hybridized carbons (Fsp3) is 0.294. The average molecular weight is 332 g/mol. The molecule has 2 aromatic carbocycles. The van der Waals surface area contributed by atoms with Gasteiger partial charge in [0.2, 0.25) is 11.0 Å². The Morgan fingerprint density at radius 1 is 1.22 bits per heavy atom. The van der Waals surface area contributed by atoms with Crippen LogP contribution in [-0.2, 0) is 5.41 Å². The van der Waals surface area contributed by atoms with Crippen molar-refractivity contribution < 1.29 is 9.95 Å². The predicted octanol–water partition coefficient (Wildman–Crippen LogP) is 3.62. The Morgan fingerprint density at radius 2 is 1.91 bits per heavy atom. The van der Waals surface area contributed by atoms with Crippen LogP contribution >= 0.6 is 11.6 Å². The van der Waals surface area contributed by atoms with Crippen LogP contribution in [0, 0.1) is 12.1 Å². The maximum absolute atomic E-state index is 12.6. The molecule has 0 atom stereocenters. The number of aromatic hydroxyl groups is 1. The van der Waals surface area contributed by atoms with Gasteiger partial charge in [-0.05, 0) is 40.9 Å². The van der Waals surface area contributed by atoms with E-state index >= 15 is 0 Å². The van der Waals surface area contributed by atoms with E-state index in [0.717, 1.165) is 11.1 Å². The molecule has 0 fully saturated rings. The predicted molar refractivity (Wildman–Crippen MR) is 90.1 cm³/mol. The van der Waals surface area contributed by atoms with Gasteiger partial charge in [0.1, 0.15) is 0 Å². The van der Waals surface area contributed by atoms with Crippen molar-refractivity contribution in [3.05, 3.63) is 51.7 Å². The average Bonchev–Trinajstić information content (AvgIpc) is 2.77. The van der Waals surface area contributed by atoms with E-state index in [1.165, 1.54) is 4.80 Å². The summed E-state index contributed by atoms with van der Waals surface area (Å²) in [5.41, 5.74) is 2.69. The van der Waals surface area contributed by atoms with Crippen molar-refractivity contribution in [1.82, 2.24) is 9.90 Å². The second-order valence-electron chi connectivity index (χ2n) is 6.73. The first-order valence-electron chi connectivity index (χ1n) is 7.31. The molecule has 0 amide bonds. The monoisotopic (exact) mass is 331 g/mol. The summed E-state index contributed by atoms with van der Waals surface area (Å²) >= 11 is 5.95. The number of rotatable bonds is 1. The van der Waals surface area contributed by atoms with Gasteiger partial charge in [-0.25, -0.2) is 0 Å². The number of halogens is 1. The van der Waals surface area contributed by atoms with Crippen molar-refractivity contribution in [2.45, 2.75) is 33.1 Å². The first kappa shape index (κ1) is 15.6. The number of fused-ring (bicyclic) bond motifs is 1. The zero-order valence-corrected chi connectivity index (χ0v) is 14.2. The molecule has 0 radical (unpaired) electrons. The largest absolute Gasteiger partial charge is 0.692 e. The van der Waals surface area contributed by atoms with Gasteiger partial charge in [-0.2, -0.15) is 0 Å². The summed E-state index contributed by atoms with van der Waals surface area (Å²) in [6.45, 7) is 7.95. The number of benzene rings is 2. The van der Waals surface area contributed by atoms with Crippen molar-refractivity contribution in [2.24, 2.45) is 0 Å². The summed E-state index contributed by atoms with van der Waals surface area (Å²) in [5.74, 6) is 0.0617. The van der Waals surface area contributed by atoms with Gasteiger partial charge in [0, 0.05) is 16.7 Å². The quantitative estimate of drug-likeness (QED) is 0.547. The number of nitrogens with zero attached hydrogens (tertiary/aromatic N) is 3. The van der Waals surface area contributed by atoms with E-state index in [2.05, 4.69) is 5.10 Å². The van der Waals surface area contributed by atoms with Crippen molar-refractivity contribution in [1.29, 1.82) is 0 Å². The van der Waals surface area contributed by atoms with Crippen LogP contribution in [0.4, 0.5) is 0 Å². The molecule has 3 aromatic rings. The van der Waals surface area contributed by atoms with Crippen LogP contribution in [0.25, 0.3) is 16.7 Å². The highest BCUT2D eigenvalue weighted by Gasteiger charge is 2.25. The van der Waals surface area contributed by atoms with Gasteiger partial charge >= 0.3 is 0 Å². The molecule has 23 heavy (non-hydrogen) atoms. The topological polar surface area (TPSA) is 65.0 Å². The summed E-state index contributed by atoms with van der Waals surface area (Å²) < 4.78 is 0. The molecule has 5 nitrogen and oxygen atoms in total. The van der Waals surface area contributed by atoms with Gasteiger partial charge < -0.3 is 10.3 Å². The molecule has 0 aliphatic rings. The van der Waals surface area contributed by atoms with E-state index in [4.69, 9.17) is 11.6 Å². The number of hydrogen-bond acceptors (Lipinski definition) is 3. The lowest BCUT2D eigenvalue weighted by molar-refractivity contribution is -0.664. The van der Waals surface area contributed by atoms with Crippen molar-refractivity contribution in [2.75, 3.05) is 0 Å². The molecule has 1 N–H and O–H groups in total. The molecule has 0 aliphatic carbocycles. The highest BCUT2D eigenvalue weighted by Crippen LogP contribution is 2.35. The fourth-order valence-corrected chi connectivity index (χ4v) is 2.78. The Labute approximate surface area is 139 Å². The maximum Gasteiger partial charge on any atom is 0.250 e. The first-order valence-corrected chi connectivity index (χ1v) is 7.69. The minimum Gasteiger partial charge on any atom is -0.692 e. The van der Waals surface area contributed by atoms with Crippen molar-refractivity contribution in [3.8, 4) is 11.4 Å². The molecular weight excluding hydrogens is 314 g/mol. The number of aryl methyl sites for hydroxylation is 1. The molecule has 120 valence electrons. The van der Waals surface area contributed by atoms with Crippen molar-refractivity contribution >= 4 is 22.6 Å². The number of aromatic nitrogens is 3. The zero-order valence-electron chi connectivity index (χ0n) is 13.5. The van der Waals surface area contributed by atoms with Crippen LogP contribution in [0.1, 0.15) is 31.9 Å². The first-order chi connectivity index (χ1) is 10.7. The normalized spacial score (nSPS) is 12.0. The van der Waals surface area contributed by atoms with Crippen LogP contribution in [-0.4, -0.2) is 15.0 Å². The number of phenolic OH excluding ortho intramolecular Hbond substituents is 1. The Balaban J connectivity index is 2.31. The van der Waals surface area contributed by atoms with Gasteiger partial charge in [0.25, 0.3) is 0 Å². The molecule has 1 aromatic heterocycles. The maximum atomic E-state index is 12.6. The van der Waals surface area contributed by atoms with Crippen LogP contribution < -0.4 is 4.85 Å². The van der Waals surface area contributed by atoms with E-state index in [1.54, 1.807) is 24.3 Å². The van der Waals surface area contributed by atoms with Gasteiger partial charge in [-0.1, -0.05) is 38.4 Å². The second kappa shape index (κ2) is 5.13. The van der Waals surface area contributed by atoms with Gasteiger partial charge in [-0.3, -0.25) is 0 Å². The third-order valence-corrected chi connectivity index (χ3v) is 4.01. The van der Waals surface area contributed by atoms with Gasteiger partial charge in [-0.15, -0.1) is 4.85 Å². The minimum atomic E-state index is -0.256. The van der Waals surface area contributed by atoms with E-state index < -0.39 is 0 Å². The third kappa shape index (κ3) is 2.61. The number of hydrogen-bond donors (Lipinski definition) is 1. The third-order valence-electron chi connectivity index (χ3n) is 3.78. The standard InChI is InChI=1S/C17H18ClN3O2/c1-10-7-12(17(2,3)4)16(22)15(8-10)20-19-13-6-5-11(18)9-14(13)21(20)23/h5-9,22H,1-4H3. The number of phenols is 1. The SMILES string of the molecule is Cc1cc(-n2nc3ccc(Cl)cc3[n+]2[O-])c(O)c(C(C)(C)C)c1. The minimum absolute atomic E-state index is 0.0617. The van der Waals surface area contributed by atoms with Crippen LogP contribution in [0.5, 0.6) is 5.75 Å². The molecule has 0 saturated carbocycles. The van der Waals surface area contributed by atoms with E-state index in [9.17, 15) is 10.3 Å². The zero-order chi connectivity index (χ0) is 16.9. The smallest absolute Gasteiger partial charge is 0.250 e. The molecule has 0 unspecified atom stereocenters. The van der Waals surface area contributed by atoms with Gasteiger partial charge in [0.05, 0.1) is 5.10 Å². The molecule has 3 rings (SSSR count). The van der Waals surface area contributed by atoms with Crippen LogP contribution in [0.2, 0.25) is 5.02 Å². The van der Waals surface area contributed by atoms with Crippen LogP contribution in [0.15, 0.2) is 30.3 Å². The fourth-order valence-electron chi connectivity index (χ4n) is 2.61. The van der Waals surface area contributed by atoms with E-state index in [0.29, 0.717) is 26.6 Å². The summed E-state index contributed by atoms with van der Waals surface area (Å²) in [4.78, 5) is 1.81. The Hall–Kier alpha value is -2.27. The molecular formula is C17H18ClN3O2. The highest BCUT2D eigenvalue weighted by atomic mass is 35.5. The Bertz CT molecular complexity index is 910.